The van der Waals surface area contributed by atoms with Crippen LogP contribution < -0.4 is 14.7 Å². The molecule has 0 spiro atoms. The van der Waals surface area contributed by atoms with E-state index in [1.807, 2.05) is 38.1 Å². The fourth-order valence-corrected chi connectivity index (χ4v) is 4.39. The van der Waals surface area contributed by atoms with Gasteiger partial charge in [0.1, 0.15) is 6.04 Å². The van der Waals surface area contributed by atoms with Gasteiger partial charge >= 0.3 is 0 Å². The van der Waals surface area contributed by atoms with Crippen molar-refractivity contribution >= 4 is 35.6 Å². The Balaban J connectivity index is 1.58. The summed E-state index contributed by atoms with van der Waals surface area (Å²) in [4.78, 5) is 19.1. The fourth-order valence-electron chi connectivity index (χ4n) is 3.81. The van der Waals surface area contributed by atoms with Crippen molar-refractivity contribution in [1.29, 1.82) is 0 Å². The number of hydrogen-bond donors (Lipinski definition) is 1. The van der Waals surface area contributed by atoms with Crippen LogP contribution in [0.1, 0.15) is 12.5 Å². The van der Waals surface area contributed by atoms with Gasteiger partial charge in [0.25, 0.3) is 5.91 Å². The van der Waals surface area contributed by atoms with Gasteiger partial charge in [0.05, 0.1) is 13.2 Å². The Hall–Kier alpha value is -2.18. The zero-order chi connectivity index (χ0) is 19.0. The zero-order valence-electron chi connectivity index (χ0n) is 15.7. The van der Waals surface area contributed by atoms with Crippen molar-refractivity contribution in [3.8, 4) is 0 Å². The number of anilines is 3. The van der Waals surface area contributed by atoms with Crippen molar-refractivity contribution in [1.82, 2.24) is 0 Å². The Morgan fingerprint density at radius 1 is 1.00 bits per heavy atom. The maximum atomic E-state index is 12.9. The second-order valence-corrected chi connectivity index (χ2v) is 7.55. The first-order valence-electron chi connectivity index (χ1n) is 9.35. The van der Waals surface area contributed by atoms with Crippen LogP contribution in [0.2, 0.25) is 0 Å². The van der Waals surface area contributed by atoms with Gasteiger partial charge in [0.15, 0.2) is 5.50 Å². The van der Waals surface area contributed by atoms with Crippen molar-refractivity contribution in [2.45, 2.75) is 25.4 Å². The van der Waals surface area contributed by atoms with Gasteiger partial charge < -0.3 is 14.5 Å². The predicted octanol–water partition coefficient (Wildman–Crippen LogP) is 3.29. The molecule has 0 radical (unpaired) electrons. The molecule has 142 valence electrons. The van der Waals surface area contributed by atoms with Crippen LogP contribution in [0, 0.1) is 6.92 Å². The van der Waals surface area contributed by atoms with Crippen LogP contribution in [0.15, 0.2) is 48.5 Å². The molecule has 0 bridgehead atoms. The molecule has 27 heavy (non-hydrogen) atoms. The molecule has 2 fully saturated rings. The highest BCUT2D eigenvalue weighted by Crippen LogP contribution is 2.35. The molecule has 2 aliphatic heterocycles. The fraction of sp³-hybridized carbons (Fsp3) is 0.381. The maximum absolute atomic E-state index is 12.9. The van der Waals surface area contributed by atoms with Crippen LogP contribution in [-0.2, 0) is 9.53 Å². The number of morpholine rings is 1. The second kappa shape index (κ2) is 7.44. The molecule has 2 atom stereocenters. The lowest BCUT2D eigenvalue weighted by Gasteiger charge is -2.31. The van der Waals surface area contributed by atoms with Crippen molar-refractivity contribution in [2.24, 2.45) is 0 Å². The lowest BCUT2D eigenvalue weighted by atomic mass is 10.2. The number of rotatable bonds is 3. The molecule has 0 aliphatic carbocycles. The van der Waals surface area contributed by atoms with E-state index in [-0.39, 0.29) is 17.4 Å². The van der Waals surface area contributed by atoms with Gasteiger partial charge in [-0.1, -0.05) is 12.1 Å². The summed E-state index contributed by atoms with van der Waals surface area (Å²) in [6.45, 7) is 7.33. The summed E-state index contributed by atoms with van der Waals surface area (Å²) in [6.07, 6.45) is 0. The van der Waals surface area contributed by atoms with E-state index >= 15 is 0 Å². The number of ether oxygens (including phenoxy) is 1. The second-order valence-electron chi connectivity index (χ2n) is 7.09. The summed E-state index contributed by atoms with van der Waals surface area (Å²) in [5, 5.41) is 0. The Morgan fingerprint density at radius 2 is 1.67 bits per heavy atom. The third-order valence-electron chi connectivity index (χ3n) is 5.30. The minimum atomic E-state index is -0.330. The number of hydrogen-bond acceptors (Lipinski definition) is 5. The zero-order valence-corrected chi connectivity index (χ0v) is 16.6. The standard InChI is InChI=1S/C21H25N3O2S/c1-15-4-3-5-19(14-15)24-20(25)16(2)23(21(24)27)18-8-6-17(7-9-18)22-10-12-26-13-11-22/h3-9,14,16,21,27H,10-13H2,1-2H3. The lowest BCUT2D eigenvalue weighted by molar-refractivity contribution is -0.117. The van der Waals surface area contributed by atoms with E-state index in [0.717, 1.165) is 43.2 Å². The first-order chi connectivity index (χ1) is 13.1. The molecular formula is C21H25N3O2S. The maximum Gasteiger partial charge on any atom is 0.251 e. The van der Waals surface area contributed by atoms with E-state index < -0.39 is 0 Å². The van der Waals surface area contributed by atoms with Gasteiger partial charge in [-0.15, -0.1) is 12.6 Å². The van der Waals surface area contributed by atoms with Crippen LogP contribution in [0.25, 0.3) is 0 Å². The molecule has 2 unspecified atom stereocenters. The highest BCUT2D eigenvalue weighted by atomic mass is 32.1. The first kappa shape index (κ1) is 18.2. The van der Waals surface area contributed by atoms with E-state index in [9.17, 15) is 4.79 Å². The molecule has 4 rings (SSSR count). The molecule has 0 saturated carbocycles. The summed E-state index contributed by atoms with van der Waals surface area (Å²) in [5.41, 5.74) is 3.87. The number of carbonyl (C=O) groups is 1. The van der Waals surface area contributed by atoms with Crippen LogP contribution in [0.3, 0.4) is 0 Å². The molecule has 6 heteroatoms. The van der Waals surface area contributed by atoms with Crippen LogP contribution in [0.4, 0.5) is 17.1 Å². The van der Waals surface area contributed by atoms with Gasteiger partial charge in [-0.25, -0.2) is 0 Å². The average molecular weight is 384 g/mol. The summed E-state index contributed by atoms with van der Waals surface area (Å²) in [6, 6.07) is 16.1. The average Bonchev–Trinajstić information content (AvgIpc) is 2.91. The quantitative estimate of drug-likeness (QED) is 0.825. The SMILES string of the molecule is Cc1cccc(N2C(=O)C(C)N(c3ccc(N4CCOCC4)cc3)C2S)c1. The smallest absolute Gasteiger partial charge is 0.251 e. The lowest BCUT2D eigenvalue weighted by Crippen LogP contribution is -2.37. The number of thiol groups is 1. The third-order valence-corrected chi connectivity index (χ3v) is 5.78. The number of aryl methyl sites for hydroxylation is 1. The molecule has 2 aliphatic rings. The summed E-state index contributed by atoms with van der Waals surface area (Å²) in [7, 11) is 0. The Bertz CT molecular complexity index is 820. The van der Waals surface area contributed by atoms with Crippen LogP contribution >= 0.6 is 12.6 Å². The van der Waals surface area contributed by atoms with Crippen molar-refractivity contribution < 1.29 is 9.53 Å². The molecule has 0 N–H and O–H groups in total. The first-order valence-corrected chi connectivity index (χ1v) is 9.87. The molecule has 2 aromatic rings. The van der Waals surface area contributed by atoms with Gasteiger partial charge in [-0.05, 0) is 55.8 Å². The monoisotopic (exact) mass is 383 g/mol. The van der Waals surface area contributed by atoms with Crippen molar-refractivity contribution in [3.63, 3.8) is 0 Å². The van der Waals surface area contributed by atoms with Crippen molar-refractivity contribution in [3.05, 3.63) is 54.1 Å². The van der Waals surface area contributed by atoms with Gasteiger partial charge in [0, 0.05) is 30.2 Å². The van der Waals surface area contributed by atoms with E-state index in [1.54, 1.807) is 4.90 Å². The highest BCUT2D eigenvalue weighted by molar-refractivity contribution is 7.81. The topological polar surface area (TPSA) is 36.0 Å². The van der Waals surface area contributed by atoms with Crippen LogP contribution in [0.5, 0.6) is 0 Å². The summed E-state index contributed by atoms with van der Waals surface area (Å²) >= 11 is 4.79. The largest absolute Gasteiger partial charge is 0.378 e. The molecule has 2 saturated heterocycles. The molecular weight excluding hydrogens is 358 g/mol. The van der Waals surface area contributed by atoms with Gasteiger partial charge in [-0.2, -0.15) is 0 Å². The molecule has 1 amide bonds. The Labute approximate surface area is 165 Å². The third kappa shape index (κ3) is 3.39. The summed E-state index contributed by atoms with van der Waals surface area (Å²) in [5.74, 6) is 0.0675. The van der Waals surface area contributed by atoms with E-state index in [1.165, 1.54) is 5.69 Å². The predicted molar refractivity (Wildman–Crippen MR) is 113 cm³/mol. The number of nitrogens with zero attached hydrogens (tertiary/aromatic N) is 3. The minimum Gasteiger partial charge on any atom is -0.378 e. The number of carbonyl (C=O) groups excluding carboxylic acids is 1. The Morgan fingerprint density at radius 3 is 2.33 bits per heavy atom. The molecule has 5 nitrogen and oxygen atoms in total. The van der Waals surface area contributed by atoms with Crippen molar-refractivity contribution in [2.75, 3.05) is 41.0 Å². The number of benzene rings is 2. The number of amides is 1. The Kier molecular flexibility index (Phi) is 5.02. The van der Waals surface area contributed by atoms with E-state index in [0.29, 0.717) is 0 Å². The van der Waals surface area contributed by atoms with Gasteiger partial charge in [0.2, 0.25) is 0 Å². The highest BCUT2D eigenvalue weighted by Gasteiger charge is 2.42. The van der Waals surface area contributed by atoms with Crippen LogP contribution in [-0.4, -0.2) is 43.8 Å². The van der Waals surface area contributed by atoms with E-state index in [4.69, 9.17) is 17.4 Å². The molecule has 2 heterocycles. The van der Waals surface area contributed by atoms with Gasteiger partial charge in [-0.3, -0.25) is 9.69 Å². The minimum absolute atomic E-state index is 0.0675. The summed E-state index contributed by atoms with van der Waals surface area (Å²) < 4.78 is 5.43. The molecule has 2 aromatic carbocycles. The van der Waals surface area contributed by atoms with E-state index in [2.05, 4.69) is 34.1 Å². The normalized spacial score (nSPS) is 23.2. The molecule has 0 aromatic heterocycles.